The Bertz CT molecular complexity index is 855. The number of carbonyl (C=O) groups excluding carboxylic acids is 2. The first-order chi connectivity index (χ1) is 13.1. The molecule has 0 aliphatic carbocycles. The number of hydrogen-bond acceptors (Lipinski definition) is 5. The van der Waals surface area contributed by atoms with E-state index in [1.165, 1.54) is 4.90 Å². The summed E-state index contributed by atoms with van der Waals surface area (Å²) in [6, 6.07) is 6.76. The van der Waals surface area contributed by atoms with Crippen LogP contribution in [0.25, 0.3) is 5.70 Å². The van der Waals surface area contributed by atoms with Crippen LogP contribution in [0.1, 0.15) is 22.8 Å². The summed E-state index contributed by atoms with van der Waals surface area (Å²) in [5, 5.41) is 0. The second-order valence-corrected chi connectivity index (χ2v) is 6.72. The van der Waals surface area contributed by atoms with E-state index < -0.39 is 6.04 Å². The smallest absolute Gasteiger partial charge is 0.259 e. The highest BCUT2D eigenvalue weighted by Crippen LogP contribution is 2.33. The molecule has 2 aliphatic rings. The van der Waals surface area contributed by atoms with Crippen LogP contribution in [0, 0.1) is 0 Å². The van der Waals surface area contributed by atoms with E-state index in [4.69, 9.17) is 0 Å². The summed E-state index contributed by atoms with van der Waals surface area (Å²) in [7, 11) is 0. The van der Waals surface area contributed by atoms with Crippen molar-refractivity contribution < 1.29 is 9.59 Å². The molecule has 2 amide bonds. The molecular formula is C20H21N5O2. The van der Waals surface area contributed by atoms with Crippen molar-refractivity contribution in [2.45, 2.75) is 13.0 Å². The average Bonchev–Trinajstić information content (AvgIpc) is 2.98. The van der Waals surface area contributed by atoms with Crippen molar-refractivity contribution in [2.24, 2.45) is 0 Å². The van der Waals surface area contributed by atoms with E-state index in [1.807, 2.05) is 18.2 Å². The second kappa shape index (κ2) is 6.83. The molecule has 2 aliphatic heterocycles. The Labute approximate surface area is 157 Å². The molecule has 0 bridgehead atoms. The predicted octanol–water partition coefficient (Wildman–Crippen LogP) is 1.64. The van der Waals surface area contributed by atoms with Crippen molar-refractivity contribution in [3.8, 4) is 0 Å². The minimum atomic E-state index is -0.583. The molecule has 7 heteroatoms. The van der Waals surface area contributed by atoms with Gasteiger partial charge in [-0.3, -0.25) is 19.5 Å². The third-order valence-corrected chi connectivity index (χ3v) is 5.19. The molecule has 0 unspecified atom stereocenters. The van der Waals surface area contributed by atoms with E-state index in [2.05, 4.69) is 21.4 Å². The van der Waals surface area contributed by atoms with Gasteiger partial charge in [-0.25, -0.2) is 4.98 Å². The molecule has 0 spiro atoms. The fourth-order valence-electron chi connectivity index (χ4n) is 3.70. The maximum Gasteiger partial charge on any atom is 0.259 e. The number of nitrogens with zero attached hydrogens (tertiary/aromatic N) is 5. The molecule has 0 radical (unpaired) electrons. The lowest BCUT2D eigenvalue weighted by molar-refractivity contribution is -0.134. The first kappa shape index (κ1) is 17.2. The number of carbonyl (C=O) groups is 2. The molecule has 4 rings (SSSR count). The molecule has 1 fully saturated rings. The first-order valence-electron chi connectivity index (χ1n) is 8.99. The van der Waals surface area contributed by atoms with Gasteiger partial charge >= 0.3 is 0 Å². The molecule has 138 valence electrons. The number of amides is 2. The monoisotopic (exact) mass is 363 g/mol. The molecule has 27 heavy (non-hydrogen) atoms. The highest BCUT2D eigenvalue weighted by molar-refractivity contribution is 6.10. The average molecular weight is 363 g/mol. The zero-order chi connectivity index (χ0) is 19.0. The lowest BCUT2D eigenvalue weighted by Gasteiger charge is -2.37. The topological polar surface area (TPSA) is 69.6 Å². The van der Waals surface area contributed by atoms with Gasteiger partial charge in [-0.05, 0) is 13.0 Å². The standard InChI is InChI=1S/C20H21N5O2/c1-14-16-5-3-4-6-17(16)20(27)25(14)15(2)19(26)24-11-9-23(10-12-24)18-13-21-7-8-22-18/h3-8,13,15H,1,9-12H2,2H3/t15-/m1/s1. The van der Waals surface area contributed by atoms with Gasteiger partial charge in [0, 0.05) is 55.4 Å². The zero-order valence-corrected chi connectivity index (χ0v) is 15.2. The van der Waals surface area contributed by atoms with Crippen molar-refractivity contribution >= 4 is 23.3 Å². The molecule has 1 atom stereocenters. The number of anilines is 1. The predicted molar refractivity (Wildman–Crippen MR) is 102 cm³/mol. The lowest BCUT2D eigenvalue weighted by atomic mass is 10.1. The van der Waals surface area contributed by atoms with Crippen LogP contribution in [0.2, 0.25) is 0 Å². The molecule has 0 saturated carbocycles. The lowest BCUT2D eigenvalue weighted by Crippen LogP contribution is -2.54. The summed E-state index contributed by atoms with van der Waals surface area (Å²) in [5.74, 6) is 0.599. The Hall–Kier alpha value is -3.22. The van der Waals surface area contributed by atoms with E-state index in [0.29, 0.717) is 37.4 Å². The van der Waals surface area contributed by atoms with E-state index in [-0.39, 0.29) is 11.8 Å². The maximum atomic E-state index is 13.0. The van der Waals surface area contributed by atoms with Gasteiger partial charge in [-0.2, -0.15) is 0 Å². The summed E-state index contributed by atoms with van der Waals surface area (Å²) in [6.45, 7) is 8.35. The van der Waals surface area contributed by atoms with Crippen molar-refractivity contribution in [2.75, 3.05) is 31.1 Å². The Morgan fingerprint density at radius 1 is 1.11 bits per heavy atom. The van der Waals surface area contributed by atoms with Crippen molar-refractivity contribution in [3.05, 3.63) is 60.6 Å². The molecule has 2 aromatic rings. The minimum absolute atomic E-state index is 0.0592. The van der Waals surface area contributed by atoms with Crippen LogP contribution in [0.4, 0.5) is 5.82 Å². The van der Waals surface area contributed by atoms with Gasteiger partial charge in [0.05, 0.1) is 6.20 Å². The Balaban J connectivity index is 1.44. The van der Waals surface area contributed by atoms with Crippen molar-refractivity contribution in [1.82, 2.24) is 19.8 Å². The summed E-state index contributed by atoms with van der Waals surface area (Å²) in [4.78, 5) is 39.6. The number of piperazine rings is 1. The van der Waals surface area contributed by atoms with Crippen LogP contribution in [-0.4, -0.2) is 63.8 Å². The minimum Gasteiger partial charge on any atom is -0.352 e. The van der Waals surface area contributed by atoms with Crippen LogP contribution in [0.15, 0.2) is 49.4 Å². The largest absolute Gasteiger partial charge is 0.352 e. The van der Waals surface area contributed by atoms with Gasteiger partial charge < -0.3 is 9.80 Å². The molecule has 1 aromatic heterocycles. The number of hydrogen-bond donors (Lipinski definition) is 0. The zero-order valence-electron chi connectivity index (χ0n) is 15.2. The molecule has 3 heterocycles. The van der Waals surface area contributed by atoms with E-state index in [0.717, 1.165) is 11.4 Å². The summed E-state index contributed by atoms with van der Waals surface area (Å²) < 4.78 is 0. The molecule has 1 aromatic carbocycles. The van der Waals surface area contributed by atoms with Crippen molar-refractivity contribution in [3.63, 3.8) is 0 Å². The molecule has 7 nitrogen and oxygen atoms in total. The highest BCUT2D eigenvalue weighted by Gasteiger charge is 2.38. The van der Waals surface area contributed by atoms with Gasteiger partial charge in [0.2, 0.25) is 5.91 Å². The van der Waals surface area contributed by atoms with Crippen LogP contribution < -0.4 is 4.90 Å². The van der Waals surface area contributed by atoms with Crippen molar-refractivity contribution in [1.29, 1.82) is 0 Å². The van der Waals surface area contributed by atoms with E-state index in [9.17, 15) is 9.59 Å². The first-order valence-corrected chi connectivity index (χ1v) is 8.99. The summed E-state index contributed by atoms with van der Waals surface area (Å²) in [6.07, 6.45) is 5.03. The SMILES string of the molecule is C=C1c2ccccc2C(=O)N1[C@H](C)C(=O)N1CCN(c2cnccn2)CC1. The summed E-state index contributed by atoms with van der Waals surface area (Å²) in [5.41, 5.74) is 2.00. The Morgan fingerprint density at radius 2 is 1.81 bits per heavy atom. The van der Waals surface area contributed by atoms with Gasteiger partial charge in [0.25, 0.3) is 5.91 Å². The maximum absolute atomic E-state index is 13.0. The van der Waals surface area contributed by atoms with Gasteiger partial charge in [0.15, 0.2) is 0 Å². The third kappa shape index (κ3) is 2.95. The number of fused-ring (bicyclic) bond motifs is 1. The Morgan fingerprint density at radius 3 is 2.44 bits per heavy atom. The third-order valence-electron chi connectivity index (χ3n) is 5.19. The van der Waals surface area contributed by atoms with Gasteiger partial charge in [-0.15, -0.1) is 0 Å². The molecule has 0 N–H and O–H groups in total. The number of benzene rings is 1. The fraction of sp³-hybridized carbons (Fsp3) is 0.300. The highest BCUT2D eigenvalue weighted by atomic mass is 16.2. The fourth-order valence-corrected chi connectivity index (χ4v) is 3.70. The number of aromatic nitrogens is 2. The van der Waals surface area contributed by atoms with Gasteiger partial charge in [0.1, 0.15) is 11.9 Å². The summed E-state index contributed by atoms with van der Waals surface area (Å²) >= 11 is 0. The van der Waals surface area contributed by atoms with Crippen LogP contribution in [0.5, 0.6) is 0 Å². The normalized spacial score (nSPS) is 17.9. The Kier molecular flexibility index (Phi) is 4.35. The quantitative estimate of drug-likeness (QED) is 0.829. The van der Waals surface area contributed by atoms with E-state index in [1.54, 1.807) is 36.5 Å². The second-order valence-electron chi connectivity index (χ2n) is 6.72. The molecule has 1 saturated heterocycles. The number of rotatable bonds is 3. The van der Waals surface area contributed by atoms with Crippen LogP contribution in [0.3, 0.4) is 0 Å². The van der Waals surface area contributed by atoms with Crippen LogP contribution in [-0.2, 0) is 4.79 Å². The van der Waals surface area contributed by atoms with E-state index >= 15 is 0 Å². The molecular weight excluding hydrogens is 342 g/mol. The van der Waals surface area contributed by atoms with Crippen LogP contribution >= 0.6 is 0 Å². The van der Waals surface area contributed by atoms with Gasteiger partial charge in [-0.1, -0.05) is 24.8 Å².